The Kier molecular flexibility index (Phi) is 2.30. The van der Waals surface area contributed by atoms with Gasteiger partial charge in [0.2, 0.25) is 5.91 Å². The van der Waals surface area contributed by atoms with Crippen LogP contribution >= 0.6 is 0 Å². The topological polar surface area (TPSA) is 32.8 Å². The Bertz CT molecular complexity index is 177. The fraction of sp³-hybridized carbons (Fsp3) is 0.889. The van der Waals surface area contributed by atoms with Crippen LogP contribution in [-0.4, -0.2) is 36.6 Å². The van der Waals surface area contributed by atoms with Gasteiger partial charge in [-0.25, -0.2) is 0 Å². The van der Waals surface area contributed by atoms with Gasteiger partial charge in [0, 0.05) is 19.5 Å². The summed E-state index contributed by atoms with van der Waals surface area (Å²) in [7, 11) is 0. The number of nitrogens with zero attached hydrogens (tertiary/aromatic N) is 1. The second-order valence-electron chi connectivity index (χ2n) is 3.61. The van der Waals surface area contributed by atoms with Crippen molar-refractivity contribution in [3.05, 3.63) is 0 Å². The Hall–Kier alpha value is -0.570. The maximum absolute atomic E-state index is 11.4. The van der Waals surface area contributed by atoms with Crippen LogP contribution in [0.25, 0.3) is 0 Å². The fourth-order valence-corrected chi connectivity index (χ4v) is 1.65. The second-order valence-corrected chi connectivity index (χ2v) is 3.61. The first-order valence-corrected chi connectivity index (χ1v) is 4.75. The van der Waals surface area contributed by atoms with Crippen LogP contribution in [0.5, 0.6) is 0 Å². The normalized spacial score (nSPS) is 30.2. The minimum Gasteiger partial charge on any atom is -0.371 e. The smallest absolute Gasteiger partial charge is 0.222 e. The Balaban J connectivity index is 1.85. The predicted octanol–water partition coefficient (Wildman–Crippen LogP) is 0.788. The van der Waals surface area contributed by atoms with E-state index in [4.69, 9.17) is 4.74 Å². The summed E-state index contributed by atoms with van der Waals surface area (Å²) in [6, 6.07) is 0. The summed E-state index contributed by atoms with van der Waals surface area (Å²) in [4.78, 5) is 13.4. The van der Waals surface area contributed by atoms with Crippen LogP contribution in [-0.2, 0) is 9.53 Å². The minimum absolute atomic E-state index is 0.322. The molecule has 2 aliphatic rings. The molecule has 0 aliphatic carbocycles. The molecule has 0 radical (unpaired) electrons. The molecule has 68 valence electrons. The molecule has 0 saturated carbocycles. The number of ether oxygens (including phenoxy) is 1. The van der Waals surface area contributed by atoms with E-state index in [1.54, 1.807) is 0 Å². The average molecular weight is 169 g/mol. The number of epoxide rings is 1. The van der Waals surface area contributed by atoms with Crippen LogP contribution in [0.1, 0.15) is 25.7 Å². The van der Waals surface area contributed by atoms with Crippen LogP contribution in [0.4, 0.5) is 0 Å². The number of rotatable bonds is 2. The largest absolute Gasteiger partial charge is 0.371 e. The van der Waals surface area contributed by atoms with Crippen molar-refractivity contribution in [1.82, 2.24) is 4.90 Å². The third kappa shape index (κ3) is 1.97. The molecule has 0 spiro atoms. The van der Waals surface area contributed by atoms with E-state index in [1.165, 1.54) is 12.8 Å². The molecular weight excluding hydrogens is 154 g/mol. The van der Waals surface area contributed by atoms with E-state index in [0.29, 0.717) is 12.0 Å². The quantitative estimate of drug-likeness (QED) is 0.572. The molecule has 2 rings (SSSR count). The molecule has 3 heteroatoms. The lowest BCUT2D eigenvalue weighted by atomic mass is 10.2. The van der Waals surface area contributed by atoms with Gasteiger partial charge in [-0.15, -0.1) is 0 Å². The lowest BCUT2D eigenvalue weighted by Crippen LogP contribution is -2.33. The van der Waals surface area contributed by atoms with E-state index >= 15 is 0 Å². The summed E-state index contributed by atoms with van der Waals surface area (Å²) >= 11 is 0. The first-order chi connectivity index (χ1) is 5.86. The molecule has 2 aliphatic heterocycles. The van der Waals surface area contributed by atoms with Crippen molar-refractivity contribution in [3.8, 4) is 0 Å². The van der Waals surface area contributed by atoms with Gasteiger partial charge in [0.05, 0.1) is 12.7 Å². The number of likely N-dealkylation sites (tertiary alicyclic amines) is 1. The minimum atomic E-state index is 0.322. The number of hydrogen-bond acceptors (Lipinski definition) is 2. The molecule has 12 heavy (non-hydrogen) atoms. The first-order valence-electron chi connectivity index (χ1n) is 4.75. The Morgan fingerprint density at radius 1 is 1.42 bits per heavy atom. The van der Waals surface area contributed by atoms with Crippen molar-refractivity contribution >= 4 is 5.91 Å². The number of carbonyl (C=O) groups is 1. The van der Waals surface area contributed by atoms with Crippen LogP contribution in [0.15, 0.2) is 0 Å². The molecular formula is C9H15NO2. The Labute approximate surface area is 72.7 Å². The highest BCUT2D eigenvalue weighted by Gasteiger charge is 2.28. The zero-order valence-electron chi connectivity index (χ0n) is 7.29. The molecule has 0 aromatic heterocycles. The van der Waals surface area contributed by atoms with Gasteiger partial charge in [0.25, 0.3) is 0 Å². The third-order valence-corrected chi connectivity index (χ3v) is 2.50. The van der Waals surface area contributed by atoms with Crippen molar-refractivity contribution in [2.75, 3.05) is 19.7 Å². The highest BCUT2D eigenvalue weighted by molar-refractivity contribution is 5.76. The molecule has 1 atom stereocenters. The number of hydrogen-bond donors (Lipinski definition) is 0. The van der Waals surface area contributed by atoms with Gasteiger partial charge in [-0.2, -0.15) is 0 Å². The third-order valence-electron chi connectivity index (χ3n) is 2.50. The monoisotopic (exact) mass is 169 g/mol. The summed E-state index contributed by atoms with van der Waals surface area (Å²) in [6.07, 6.45) is 4.53. The zero-order valence-corrected chi connectivity index (χ0v) is 7.29. The van der Waals surface area contributed by atoms with E-state index in [2.05, 4.69) is 0 Å². The van der Waals surface area contributed by atoms with E-state index in [1.807, 2.05) is 4.90 Å². The lowest BCUT2D eigenvalue weighted by Gasteiger charge is -2.18. The van der Waals surface area contributed by atoms with Crippen molar-refractivity contribution < 1.29 is 9.53 Å². The summed E-state index contributed by atoms with van der Waals surface area (Å²) in [5, 5.41) is 0. The van der Waals surface area contributed by atoms with Gasteiger partial charge < -0.3 is 9.64 Å². The molecule has 1 amide bonds. The SMILES string of the molecule is O=C1CCCCCN1C[C@H]1CO1. The van der Waals surface area contributed by atoms with Gasteiger partial charge in [-0.1, -0.05) is 6.42 Å². The molecule has 2 saturated heterocycles. The van der Waals surface area contributed by atoms with Crippen molar-refractivity contribution in [3.63, 3.8) is 0 Å². The van der Waals surface area contributed by atoms with Crippen LogP contribution in [0, 0.1) is 0 Å². The molecule has 2 fully saturated rings. The molecule has 3 nitrogen and oxygen atoms in total. The number of carbonyl (C=O) groups excluding carboxylic acids is 1. The van der Waals surface area contributed by atoms with Gasteiger partial charge in [-0.05, 0) is 12.8 Å². The van der Waals surface area contributed by atoms with Crippen molar-refractivity contribution in [2.24, 2.45) is 0 Å². The fourth-order valence-electron chi connectivity index (χ4n) is 1.65. The summed E-state index contributed by atoms with van der Waals surface area (Å²) in [5.74, 6) is 0.322. The Morgan fingerprint density at radius 2 is 2.25 bits per heavy atom. The highest BCUT2D eigenvalue weighted by atomic mass is 16.6. The molecule has 0 aromatic rings. The van der Waals surface area contributed by atoms with E-state index in [-0.39, 0.29) is 0 Å². The van der Waals surface area contributed by atoms with E-state index in [0.717, 1.165) is 32.5 Å². The van der Waals surface area contributed by atoms with Crippen LogP contribution < -0.4 is 0 Å². The maximum Gasteiger partial charge on any atom is 0.222 e. The molecule has 0 bridgehead atoms. The van der Waals surface area contributed by atoms with Gasteiger partial charge in [0.1, 0.15) is 0 Å². The Morgan fingerprint density at radius 3 is 3.00 bits per heavy atom. The van der Waals surface area contributed by atoms with Crippen molar-refractivity contribution in [1.29, 1.82) is 0 Å². The number of amides is 1. The van der Waals surface area contributed by atoms with Gasteiger partial charge >= 0.3 is 0 Å². The molecule has 2 heterocycles. The second kappa shape index (κ2) is 3.44. The molecule has 0 N–H and O–H groups in total. The standard InChI is InChI=1S/C9H15NO2/c11-9-4-2-1-3-5-10(9)6-8-7-12-8/h8H,1-7H2/t8-/m0/s1. The van der Waals surface area contributed by atoms with Gasteiger partial charge in [0.15, 0.2) is 0 Å². The summed E-state index contributed by atoms with van der Waals surface area (Å²) < 4.78 is 5.11. The molecule has 0 aromatic carbocycles. The predicted molar refractivity (Wildman–Crippen MR) is 44.8 cm³/mol. The summed E-state index contributed by atoms with van der Waals surface area (Å²) in [5.41, 5.74) is 0. The summed E-state index contributed by atoms with van der Waals surface area (Å²) in [6.45, 7) is 2.63. The average Bonchev–Trinajstić information content (AvgIpc) is 2.84. The van der Waals surface area contributed by atoms with Crippen LogP contribution in [0.3, 0.4) is 0 Å². The van der Waals surface area contributed by atoms with E-state index < -0.39 is 0 Å². The zero-order chi connectivity index (χ0) is 8.39. The van der Waals surface area contributed by atoms with E-state index in [9.17, 15) is 4.79 Å². The lowest BCUT2D eigenvalue weighted by molar-refractivity contribution is -0.130. The highest BCUT2D eigenvalue weighted by Crippen LogP contribution is 2.16. The maximum atomic E-state index is 11.4. The molecule has 0 unspecified atom stereocenters. The van der Waals surface area contributed by atoms with Crippen molar-refractivity contribution in [2.45, 2.75) is 31.8 Å². The van der Waals surface area contributed by atoms with Crippen LogP contribution in [0.2, 0.25) is 0 Å². The first kappa shape index (κ1) is 8.05. The van der Waals surface area contributed by atoms with Gasteiger partial charge in [-0.3, -0.25) is 4.79 Å².